The second-order valence-corrected chi connectivity index (χ2v) is 10.9. The summed E-state index contributed by atoms with van der Waals surface area (Å²) in [5.41, 5.74) is 0.714. The van der Waals surface area contributed by atoms with Crippen LogP contribution in [0, 0.1) is 0 Å². The molecule has 218 valence electrons. The summed E-state index contributed by atoms with van der Waals surface area (Å²) < 4.78 is 12.0. The van der Waals surface area contributed by atoms with E-state index in [1.165, 1.54) is 5.56 Å². The number of rotatable bonds is 11. The van der Waals surface area contributed by atoms with E-state index in [9.17, 15) is 9.90 Å². The molecular formula is C33H37N5O4. The Bertz CT molecular complexity index is 1460. The van der Waals surface area contributed by atoms with Crippen molar-refractivity contribution in [1.29, 1.82) is 0 Å². The number of hydrogen-bond donors (Lipinski definition) is 1. The maximum Gasteiger partial charge on any atom is 0.348 e. The van der Waals surface area contributed by atoms with Crippen LogP contribution in [-0.2, 0) is 17.8 Å². The van der Waals surface area contributed by atoms with Crippen molar-refractivity contribution < 1.29 is 19.4 Å². The second kappa shape index (κ2) is 12.9. The van der Waals surface area contributed by atoms with E-state index >= 15 is 0 Å². The lowest BCUT2D eigenvalue weighted by Crippen LogP contribution is -2.46. The van der Waals surface area contributed by atoms with Crippen LogP contribution in [0.1, 0.15) is 18.1 Å². The molecule has 1 saturated heterocycles. The van der Waals surface area contributed by atoms with Gasteiger partial charge >= 0.3 is 5.97 Å². The summed E-state index contributed by atoms with van der Waals surface area (Å²) in [5.74, 6) is 1.93. The molecule has 0 bridgehead atoms. The lowest BCUT2D eigenvalue weighted by Gasteiger charge is -2.35. The summed E-state index contributed by atoms with van der Waals surface area (Å²) in [4.78, 5) is 28.1. The highest BCUT2D eigenvalue weighted by Gasteiger charge is 2.36. The van der Waals surface area contributed by atoms with Crippen LogP contribution >= 0.6 is 0 Å². The van der Waals surface area contributed by atoms with Gasteiger partial charge in [0.25, 0.3) is 0 Å². The molecular weight excluding hydrogens is 530 g/mol. The first-order valence-corrected chi connectivity index (χ1v) is 14.1. The van der Waals surface area contributed by atoms with E-state index in [4.69, 9.17) is 14.5 Å². The molecule has 0 radical (unpaired) electrons. The van der Waals surface area contributed by atoms with E-state index in [1.807, 2.05) is 73.6 Å². The zero-order chi connectivity index (χ0) is 29.5. The fourth-order valence-electron chi connectivity index (χ4n) is 4.88. The SMILES string of the molecule is CN(C)c1nc(Oc2ccc(CC(C)(Oc3ccccc3)C(=O)O)cc2)cc(N2CCN(Cc3ccccc3)CC2)n1. The standard InChI is InChI=1S/C33H37N5O4/c1-33(31(39)40,42-28-12-8-5-9-13-28)23-25-14-16-27(17-15-25)41-30-22-29(34-32(35-30)36(2)3)38-20-18-37(19-21-38)24-26-10-6-4-7-11-26/h4-17,22H,18-21,23-24H2,1-3H3,(H,39,40). The molecule has 4 aromatic rings. The zero-order valence-corrected chi connectivity index (χ0v) is 24.3. The molecule has 9 heteroatoms. The van der Waals surface area contributed by atoms with E-state index in [0.717, 1.165) is 44.1 Å². The first-order valence-electron chi connectivity index (χ1n) is 14.1. The van der Waals surface area contributed by atoms with Crippen molar-refractivity contribution in [2.45, 2.75) is 25.5 Å². The van der Waals surface area contributed by atoms with Crippen LogP contribution < -0.4 is 19.3 Å². The minimum atomic E-state index is -1.42. The Hall–Kier alpha value is -4.63. The van der Waals surface area contributed by atoms with Gasteiger partial charge in [0.05, 0.1) is 0 Å². The summed E-state index contributed by atoms with van der Waals surface area (Å²) in [6.45, 7) is 6.12. The van der Waals surface area contributed by atoms with Gasteiger partial charge in [0.1, 0.15) is 17.3 Å². The van der Waals surface area contributed by atoms with Gasteiger partial charge < -0.3 is 24.4 Å². The van der Waals surface area contributed by atoms with Gasteiger partial charge in [0.15, 0.2) is 0 Å². The van der Waals surface area contributed by atoms with Crippen molar-refractivity contribution in [3.8, 4) is 17.4 Å². The number of benzene rings is 3. The van der Waals surface area contributed by atoms with Gasteiger partial charge in [-0.2, -0.15) is 9.97 Å². The van der Waals surface area contributed by atoms with Gasteiger partial charge in [-0.05, 0) is 42.3 Å². The molecule has 0 spiro atoms. The summed E-state index contributed by atoms with van der Waals surface area (Å²) in [7, 11) is 3.82. The van der Waals surface area contributed by atoms with Crippen molar-refractivity contribution in [2.75, 3.05) is 50.1 Å². The average Bonchev–Trinajstić information content (AvgIpc) is 2.99. The Kier molecular flexibility index (Phi) is 8.88. The highest BCUT2D eigenvalue weighted by atomic mass is 16.5. The third kappa shape index (κ3) is 7.36. The molecule has 2 heterocycles. The van der Waals surface area contributed by atoms with Crippen LogP contribution in [-0.4, -0.2) is 71.8 Å². The van der Waals surface area contributed by atoms with Gasteiger partial charge in [-0.15, -0.1) is 0 Å². The molecule has 1 atom stereocenters. The number of aromatic nitrogens is 2. The van der Waals surface area contributed by atoms with Gasteiger partial charge in [-0.25, -0.2) is 4.79 Å². The first kappa shape index (κ1) is 28.9. The number of hydrogen-bond acceptors (Lipinski definition) is 8. The highest BCUT2D eigenvalue weighted by Crippen LogP contribution is 2.28. The average molecular weight is 568 g/mol. The van der Waals surface area contributed by atoms with E-state index < -0.39 is 11.6 Å². The van der Waals surface area contributed by atoms with Gasteiger partial charge in [-0.3, -0.25) is 4.90 Å². The number of ether oxygens (including phenoxy) is 2. The topological polar surface area (TPSA) is 91.3 Å². The van der Waals surface area contributed by atoms with Crippen LogP contribution in [0.25, 0.3) is 0 Å². The van der Waals surface area contributed by atoms with Crippen molar-refractivity contribution in [1.82, 2.24) is 14.9 Å². The van der Waals surface area contributed by atoms with Crippen molar-refractivity contribution in [3.63, 3.8) is 0 Å². The molecule has 9 nitrogen and oxygen atoms in total. The normalized spacial score (nSPS) is 15.1. The van der Waals surface area contributed by atoms with Crippen LogP contribution in [0.15, 0.2) is 91.0 Å². The minimum absolute atomic E-state index is 0.191. The summed E-state index contributed by atoms with van der Waals surface area (Å²) in [6.07, 6.45) is 0.191. The van der Waals surface area contributed by atoms with Crippen molar-refractivity contribution in [2.24, 2.45) is 0 Å². The molecule has 1 N–H and O–H groups in total. The number of carbonyl (C=O) groups is 1. The van der Waals surface area contributed by atoms with E-state index in [-0.39, 0.29) is 6.42 Å². The predicted molar refractivity (Wildman–Crippen MR) is 164 cm³/mol. The molecule has 5 rings (SSSR count). The smallest absolute Gasteiger partial charge is 0.348 e. The number of aliphatic carboxylic acids is 1. The van der Waals surface area contributed by atoms with Gasteiger partial charge in [0.2, 0.25) is 17.4 Å². The Morgan fingerprint density at radius 2 is 1.50 bits per heavy atom. The number of piperazine rings is 1. The number of carboxylic acid groups (broad SMARTS) is 1. The van der Waals surface area contributed by atoms with Crippen molar-refractivity contribution >= 4 is 17.7 Å². The Balaban J connectivity index is 1.25. The van der Waals surface area contributed by atoms with Crippen LogP contribution in [0.2, 0.25) is 0 Å². The largest absolute Gasteiger partial charge is 0.478 e. The molecule has 0 aliphatic carbocycles. The summed E-state index contributed by atoms with van der Waals surface area (Å²) in [5, 5.41) is 9.92. The lowest BCUT2D eigenvalue weighted by molar-refractivity contribution is -0.153. The predicted octanol–water partition coefficient (Wildman–Crippen LogP) is 5.12. The minimum Gasteiger partial charge on any atom is -0.478 e. The van der Waals surface area contributed by atoms with Crippen LogP contribution in [0.3, 0.4) is 0 Å². The summed E-state index contributed by atoms with van der Waals surface area (Å²) in [6, 6.07) is 28.8. The van der Waals surface area contributed by atoms with E-state index in [2.05, 4.69) is 39.0 Å². The number of carboxylic acids is 1. The molecule has 1 aromatic heterocycles. The Morgan fingerprint density at radius 1 is 0.857 bits per heavy atom. The molecule has 1 aliphatic rings. The molecule has 3 aromatic carbocycles. The quantitative estimate of drug-likeness (QED) is 0.265. The maximum atomic E-state index is 12.1. The van der Waals surface area contributed by atoms with E-state index in [0.29, 0.717) is 23.3 Å². The third-order valence-corrected chi connectivity index (χ3v) is 7.25. The first-order chi connectivity index (χ1) is 20.3. The van der Waals surface area contributed by atoms with Crippen LogP contribution in [0.5, 0.6) is 17.4 Å². The lowest BCUT2D eigenvalue weighted by atomic mass is 9.96. The maximum absolute atomic E-state index is 12.1. The molecule has 1 fully saturated rings. The number of para-hydroxylation sites is 1. The fourth-order valence-corrected chi connectivity index (χ4v) is 4.88. The third-order valence-electron chi connectivity index (χ3n) is 7.25. The molecule has 1 unspecified atom stereocenters. The fraction of sp³-hybridized carbons (Fsp3) is 0.303. The summed E-state index contributed by atoms with van der Waals surface area (Å²) >= 11 is 0. The Labute approximate surface area is 247 Å². The Morgan fingerprint density at radius 3 is 2.12 bits per heavy atom. The molecule has 0 saturated carbocycles. The van der Waals surface area contributed by atoms with Gasteiger partial charge in [0, 0.05) is 59.3 Å². The van der Waals surface area contributed by atoms with Crippen LogP contribution in [0.4, 0.5) is 11.8 Å². The highest BCUT2D eigenvalue weighted by molar-refractivity contribution is 5.78. The second-order valence-electron chi connectivity index (χ2n) is 10.9. The molecule has 42 heavy (non-hydrogen) atoms. The van der Waals surface area contributed by atoms with Crippen molar-refractivity contribution in [3.05, 3.63) is 102 Å². The zero-order valence-electron chi connectivity index (χ0n) is 24.3. The molecule has 0 amide bonds. The van der Waals surface area contributed by atoms with E-state index in [1.54, 1.807) is 19.1 Å². The number of nitrogens with zero attached hydrogens (tertiary/aromatic N) is 5. The molecule has 1 aliphatic heterocycles. The monoisotopic (exact) mass is 567 g/mol. The van der Waals surface area contributed by atoms with Gasteiger partial charge in [-0.1, -0.05) is 60.7 Å². The number of anilines is 2.